The smallest absolute Gasteiger partial charge is 0.243 e. The van der Waals surface area contributed by atoms with Crippen LogP contribution in [-0.4, -0.2) is 37.0 Å². The molecule has 4 nitrogen and oxygen atoms in total. The normalized spacial score (nSPS) is 27.6. The number of hydrogen-bond acceptors (Lipinski definition) is 3. The van der Waals surface area contributed by atoms with Crippen molar-refractivity contribution in [2.24, 2.45) is 11.3 Å². The van der Waals surface area contributed by atoms with Gasteiger partial charge in [0.2, 0.25) is 10.0 Å². The molecule has 4 rings (SSSR count). The highest BCUT2D eigenvalue weighted by atomic mass is 32.2. The third-order valence-electron chi connectivity index (χ3n) is 7.37. The standard InChI is InChI=1S/C26H35NO3S/c1-25(2,3)21-9-11-24(12-10-21)31(29,30)27-16-14-22-17-23(28)13-15-26(22,19-27)18-20-7-5-4-6-8-20/h4-12,22-23,28H,13-19H2,1-3H3. The van der Waals surface area contributed by atoms with Gasteiger partial charge in [0.15, 0.2) is 0 Å². The molecule has 0 amide bonds. The number of aliphatic hydroxyl groups excluding tert-OH is 1. The summed E-state index contributed by atoms with van der Waals surface area (Å²) in [7, 11) is -3.55. The van der Waals surface area contributed by atoms with Crippen LogP contribution in [0.15, 0.2) is 59.5 Å². The Kier molecular flexibility index (Phi) is 6.06. The summed E-state index contributed by atoms with van der Waals surface area (Å²) in [6.07, 6.45) is 3.80. The van der Waals surface area contributed by atoms with E-state index in [0.29, 0.717) is 23.9 Å². The van der Waals surface area contributed by atoms with E-state index in [1.54, 1.807) is 16.4 Å². The number of benzene rings is 2. The Morgan fingerprint density at radius 1 is 1.03 bits per heavy atom. The van der Waals surface area contributed by atoms with Crippen LogP contribution in [0.1, 0.15) is 57.6 Å². The maximum atomic E-state index is 13.6. The monoisotopic (exact) mass is 441 g/mol. The van der Waals surface area contributed by atoms with E-state index in [2.05, 4.69) is 32.9 Å². The van der Waals surface area contributed by atoms with E-state index >= 15 is 0 Å². The maximum Gasteiger partial charge on any atom is 0.243 e. The van der Waals surface area contributed by atoms with E-state index in [1.807, 2.05) is 30.3 Å². The highest BCUT2D eigenvalue weighted by molar-refractivity contribution is 7.89. The first-order valence-corrected chi connectivity index (χ1v) is 12.9. The van der Waals surface area contributed by atoms with Crippen molar-refractivity contribution in [2.75, 3.05) is 13.1 Å². The Hall–Kier alpha value is -1.69. The van der Waals surface area contributed by atoms with E-state index in [0.717, 1.165) is 37.7 Å². The summed E-state index contributed by atoms with van der Waals surface area (Å²) in [6, 6.07) is 17.8. The minimum atomic E-state index is -3.55. The molecule has 168 valence electrons. The summed E-state index contributed by atoms with van der Waals surface area (Å²) in [6.45, 7) is 7.45. The molecule has 5 heteroatoms. The lowest BCUT2D eigenvalue weighted by atomic mass is 9.60. The lowest BCUT2D eigenvalue weighted by Crippen LogP contribution is -2.54. The van der Waals surface area contributed by atoms with Gasteiger partial charge in [-0.3, -0.25) is 0 Å². The second-order valence-corrected chi connectivity index (χ2v) is 12.5. The van der Waals surface area contributed by atoms with Crippen molar-refractivity contribution in [1.29, 1.82) is 0 Å². The summed E-state index contributed by atoms with van der Waals surface area (Å²) >= 11 is 0. The molecule has 2 aromatic carbocycles. The lowest BCUT2D eigenvalue weighted by molar-refractivity contribution is -0.0290. The fourth-order valence-electron chi connectivity index (χ4n) is 5.49. The van der Waals surface area contributed by atoms with Gasteiger partial charge in [-0.15, -0.1) is 0 Å². The van der Waals surface area contributed by atoms with E-state index in [4.69, 9.17) is 0 Å². The Balaban J connectivity index is 1.62. The fourth-order valence-corrected chi connectivity index (χ4v) is 7.04. The average Bonchev–Trinajstić information content (AvgIpc) is 2.74. The van der Waals surface area contributed by atoms with Crippen molar-refractivity contribution in [3.05, 3.63) is 65.7 Å². The largest absolute Gasteiger partial charge is 0.393 e. The van der Waals surface area contributed by atoms with Gasteiger partial charge in [-0.25, -0.2) is 8.42 Å². The molecule has 1 saturated carbocycles. The SMILES string of the molecule is CC(C)(C)c1ccc(S(=O)(=O)N2CCC3CC(O)CCC3(Cc3ccccc3)C2)cc1. The highest BCUT2D eigenvalue weighted by Gasteiger charge is 2.49. The summed E-state index contributed by atoms with van der Waals surface area (Å²) in [5, 5.41) is 10.3. The van der Waals surface area contributed by atoms with Crippen molar-refractivity contribution in [1.82, 2.24) is 4.31 Å². The van der Waals surface area contributed by atoms with Crippen LogP contribution in [0.3, 0.4) is 0 Å². The van der Waals surface area contributed by atoms with Crippen LogP contribution in [0, 0.1) is 11.3 Å². The molecule has 3 unspecified atom stereocenters. The molecule has 1 N–H and O–H groups in total. The zero-order chi connectivity index (χ0) is 22.3. The van der Waals surface area contributed by atoms with Crippen LogP contribution in [0.2, 0.25) is 0 Å². The van der Waals surface area contributed by atoms with Gasteiger partial charge in [-0.2, -0.15) is 4.31 Å². The van der Waals surface area contributed by atoms with Crippen molar-refractivity contribution in [2.45, 2.75) is 69.3 Å². The number of sulfonamides is 1. The predicted octanol–water partition coefficient (Wildman–Crippen LogP) is 4.77. The first-order valence-electron chi connectivity index (χ1n) is 11.4. The number of fused-ring (bicyclic) bond motifs is 1. The third-order valence-corrected chi connectivity index (χ3v) is 9.23. The first-order chi connectivity index (χ1) is 14.6. The first kappa shape index (κ1) is 22.5. The van der Waals surface area contributed by atoms with Crippen molar-refractivity contribution in [3.8, 4) is 0 Å². The van der Waals surface area contributed by atoms with E-state index in [9.17, 15) is 13.5 Å². The van der Waals surface area contributed by atoms with Gasteiger partial charge < -0.3 is 5.11 Å². The zero-order valence-corrected chi connectivity index (χ0v) is 19.7. The summed E-state index contributed by atoms with van der Waals surface area (Å²) in [5.41, 5.74) is 2.25. The van der Waals surface area contributed by atoms with Crippen molar-refractivity contribution in [3.63, 3.8) is 0 Å². The van der Waals surface area contributed by atoms with E-state index < -0.39 is 10.0 Å². The molecular weight excluding hydrogens is 406 g/mol. The molecule has 2 aromatic rings. The minimum absolute atomic E-state index is 0.0106. The van der Waals surface area contributed by atoms with Gasteiger partial charge in [0.05, 0.1) is 11.0 Å². The Morgan fingerprint density at radius 3 is 2.35 bits per heavy atom. The Bertz CT molecular complexity index is 995. The number of hydrogen-bond donors (Lipinski definition) is 1. The molecule has 1 aliphatic carbocycles. The lowest BCUT2D eigenvalue weighted by Gasteiger charge is -2.52. The van der Waals surface area contributed by atoms with Crippen LogP contribution in [0.5, 0.6) is 0 Å². The third kappa shape index (κ3) is 4.59. The Labute approximate surface area is 187 Å². The zero-order valence-electron chi connectivity index (χ0n) is 18.9. The van der Waals surface area contributed by atoms with Crippen LogP contribution in [0.4, 0.5) is 0 Å². The van der Waals surface area contributed by atoms with Gasteiger partial charge in [-0.05, 0) is 72.1 Å². The number of nitrogens with zero attached hydrogens (tertiary/aromatic N) is 1. The molecule has 0 bridgehead atoms. The summed E-state index contributed by atoms with van der Waals surface area (Å²) in [5.74, 6) is 0.353. The van der Waals surface area contributed by atoms with Crippen LogP contribution in [0.25, 0.3) is 0 Å². The number of piperidine rings is 1. The number of aliphatic hydroxyl groups is 1. The van der Waals surface area contributed by atoms with Gasteiger partial charge >= 0.3 is 0 Å². The molecule has 2 aliphatic rings. The van der Waals surface area contributed by atoms with Crippen molar-refractivity contribution >= 4 is 10.0 Å². The highest BCUT2D eigenvalue weighted by Crippen LogP contribution is 2.49. The van der Waals surface area contributed by atoms with E-state index in [1.165, 1.54) is 5.56 Å². The molecular formula is C26H35NO3S. The van der Waals surface area contributed by atoms with Gasteiger partial charge in [0.1, 0.15) is 0 Å². The fraction of sp³-hybridized carbons (Fsp3) is 0.538. The van der Waals surface area contributed by atoms with Crippen LogP contribution < -0.4 is 0 Å². The van der Waals surface area contributed by atoms with Gasteiger partial charge in [0, 0.05) is 13.1 Å². The van der Waals surface area contributed by atoms with Crippen LogP contribution in [-0.2, 0) is 21.9 Å². The maximum absolute atomic E-state index is 13.6. The van der Waals surface area contributed by atoms with Gasteiger partial charge in [-0.1, -0.05) is 63.2 Å². The summed E-state index contributed by atoms with van der Waals surface area (Å²) in [4.78, 5) is 0.379. The molecule has 0 radical (unpaired) electrons. The van der Waals surface area contributed by atoms with Crippen molar-refractivity contribution < 1.29 is 13.5 Å². The molecule has 0 aromatic heterocycles. The van der Waals surface area contributed by atoms with Gasteiger partial charge in [0.25, 0.3) is 0 Å². The quantitative estimate of drug-likeness (QED) is 0.744. The second kappa shape index (κ2) is 8.34. The Morgan fingerprint density at radius 2 is 1.71 bits per heavy atom. The van der Waals surface area contributed by atoms with Crippen LogP contribution >= 0.6 is 0 Å². The minimum Gasteiger partial charge on any atom is -0.393 e. The molecule has 1 heterocycles. The molecule has 1 saturated heterocycles. The molecule has 0 spiro atoms. The molecule has 1 aliphatic heterocycles. The van der Waals surface area contributed by atoms with E-state index in [-0.39, 0.29) is 16.9 Å². The topological polar surface area (TPSA) is 57.6 Å². The molecule has 31 heavy (non-hydrogen) atoms. The second-order valence-electron chi connectivity index (χ2n) is 10.6. The predicted molar refractivity (Wildman–Crippen MR) is 124 cm³/mol. The molecule has 2 fully saturated rings. The molecule has 3 atom stereocenters. The average molecular weight is 442 g/mol. The number of rotatable bonds is 4. The summed E-state index contributed by atoms with van der Waals surface area (Å²) < 4.78 is 28.8.